The van der Waals surface area contributed by atoms with Crippen molar-refractivity contribution in [3.05, 3.63) is 36.0 Å². The average molecular weight is 403 g/mol. The maximum atomic E-state index is 12.5. The van der Waals surface area contributed by atoms with Crippen LogP contribution in [0.1, 0.15) is 26.3 Å². The van der Waals surface area contributed by atoms with E-state index in [4.69, 9.17) is 9.16 Å². The molecule has 1 aromatic carbocycles. The molecule has 0 saturated heterocycles. The van der Waals surface area contributed by atoms with E-state index in [1.54, 1.807) is 13.3 Å². The Balaban J connectivity index is 1.72. The highest BCUT2D eigenvalue weighted by Gasteiger charge is 2.39. The van der Waals surface area contributed by atoms with E-state index < -0.39 is 14.4 Å². The maximum absolute atomic E-state index is 12.5. The van der Waals surface area contributed by atoms with Crippen LogP contribution in [0.2, 0.25) is 18.1 Å². The van der Waals surface area contributed by atoms with Crippen LogP contribution >= 0.6 is 0 Å². The van der Waals surface area contributed by atoms with E-state index in [0.717, 1.165) is 17.1 Å². The van der Waals surface area contributed by atoms with Crippen LogP contribution in [0.4, 0.5) is 11.5 Å². The number of hydrogen-bond acceptors (Lipinski definition) is 5. The van der Waals surface area contributed by atoms with Crippen LogP contribution in [0.5, 0.6) is 5.75 Å². The molecular formula is C20H30N4O3Si. The fourth-order valence-corrected chi connectivity index (χ4v) is 3.75. The van der Waals surface area contributed by atoms with E-state index in [1.807, 2.05) is 28.9 Å². The second kappa shape index (κ2) is 7.60. The summed E-state index contributed by atoms with van der Waals surface area (Å²) in [6.07, 6.45) is 1.68. The third kappa shape index (κ3) is 4.23. The average Bonchev–Trinajstić information content (AvgIpc) is 3.01. The molecule has 3 rings (SSSR count). The van der Waals surface area contributed by atoms with Crippen molar-refractivity contribution >= 4 is 25.7 Å². The van der Waals surface area contributed by atoms with Gasteiger partial charge in [-0.2, -0.15) is 5.10 Å². The third-order valence-electron chi connectivity index (χ3n) is 5.63. The van der Waals surface area contributed by atoms with Crippen molar-refractivity contribution in [3.8, 4) is 5.75 Å². The van der Waals surface area contributed by atoms with Gasteiger partial charge in [0.2, 0.25) is 5.91 Å². The Bertz CT molecular complexity index is 840. The minimum absolute atomic E-state index is 0.0878. The zero-order valence-corrected chi connectivity index (χ0v) is 18.5. The van der Waals surface area contributed by atoms with Crippen LogP contribution in [-0.4, -0.2) is 43.8 Å². The zero-order valence-electron chi connectivity index (χ0n) is 17.5. The highest BCUT2D eigenvalue weighted by molar-refractivity contribution is 6.74. The van der Waals surface area contributed by atoms with Crippen molar-refractivity contribution in [1.82, 2.24) is 9.78 Å². The number of carbonyl (C=O) groups excluding carboxylic acids is 1. The zero-order chi connectivity index (χ0) is 20.5. The fraction of sp³-hybridized carbons (Fsp3) is 0.500. The van der Waals surface area contributed by atoms with Gasteiger partial charge in [0, 0.05) is 0 Å². The molecule has 7 nitrogen and oxygen atoms in total. The highest BCUT2D eigenvalue weighted by Crippen LogP contribution is 2.37. The molecule has 1 aliphatic heterocycles. The predicted octanol–water partition coefficient (Wildman–Crippen LogP) is 3.69. The SMILES string of the molecule is COc1ccc(Cn2ncc3c2NC(CO[Si](C)(C)C(C)(C)C)C(=O)N3)cc1. The van der Waals surface area contributed by atoms with Gasteiger partial charge in [0.25, 0.3) is 0 Å². The third-order valence-corrected chi connectivity index (χ3v) is 10.1. The second-order valence-corrected chi connectivity index (χ2v) is 13.5. The molecule has 0 fully saturated rings. The molecule has 0 radical (unpaired) electrons. The van der Waals surface area contributed by atoms with E-state index in [1.165, 1.54) is 0 Å². The van der Waals surface area contributed by atoms with Gasteiger partial charge in [0.05, 0.1) is 26.5 Å². The molecule has 28 heavy (non-hydrogen) atoms. The molecule has 1 atom stereocenters. The van der Waals surface area contributed by atoms with Crippen LogP contribution in [0.15, 0.2) is 30.5 Å². The predicted molar refractivity (Wildman–Crippen MR) is 114 cm³/mol. The molecule has 8 heteroatoms. The van der Waals surface area contributed by atoms with Gasteiger partial charge in [-0.1, -0.05) is 32.9 Å². The fourth-order valence-electron chi connectivity index (χ4n) is 2.73. The van der Waals surface area contributed by atoms with Crippen molar-refractivity contribution < 1.29 is 14.0 Å². The van der Waals surface area contributed by atoms with E-state index in [2.05, 4.69) is 49.6 Å². The number of amides is 1. The second-order valence-electron chi connectivity index (χ2n) is 8.67. The van der Waals surface area contributed by atoms with Gasteiger partial charge >= 0.3 is 0 Å². The molecule has 0 spiro atoms. The van der Waals surface area contributed by atoms with E-state index >= 15 is 0 Å². The molecule has 2 heterocycles. The van der Waals surface area contributed by atoms with Crippen molar-refractivity contribution in [2.45, 2.75) is 51.5 Å². The smallest absolute Gasteiger partial charge is 0.249 e. The summed E-state index contributed by atoms with van der Waals surface area (Å²) in [6, 6.07) is 7.43. The number of benzene rings is 1. The van der Waals surface area contributed by atoms with Crippen LogP contribution in [0.3, 0.4) is 0 Å². The Morgan fingerprint density at radius 1 is 1.21 bits per heavy atom. The molecule has 1 aliphatic rings. The summed E-state index contributed by atoms with van der Waals surface area (Å²) in [7, 11) is -0.282. The first-order chi connectivity index (χ1) is 13.1. The largest absolute Gasteiger partial charge is 0.497 e. The molecule has 2 N–H and O–H groups in total. The molecule has 1 unspecified atom stereocenters. The van der Waals surface area contributed by atoms with Gasteiger partial charge in [-0.15, -0.1) is 0 Å². The molecule has 2 aromatic rings. The highest BCUT2D eigenvalue weighted by atomic mass is 28.4. The Hall–Kier alpha value is -2.32. The summed E-state index contributed by atoms with van der Waals surface area (Å²) in [5, 5.41) is 10.8. The Kier molecular flexibility index (Phi) is 5.54. The van der Waals surface area contributed by atoms with E-state index in [0.29, 0.717) is 18.8 Å². The number of nitrogens with zero attached hydrogens (tertiary/aromatic N) is 2. The Morgan fingerprint density at radius 2 is 1.89 bits per heavy atom. The van der Waals surface area contributed by atoms with Crippen molar-refractivity contribution in [2.24, 2.45) is 0 Å². The standard InChI is InChI=1S/C20H30N4O3Si/c1-20(2,3)28(5,6)27-13-17-19(25)23-16-11-21-24(18(16)22-17)12-14-7-9-15(26-4)10-8-14/h7-11,17,22H,12-13H2,1-6H3,(H,23,25). The minimum atomic E-state index is -1.93. The summed E-state index contributed by atoms with van der Waals surface area (Å²) in [4.78, 5) is 12.5. The van der Waals surface area contributed by atoms with Crippen molar-refractivity contribution in [3.63, 3.8) is 0 Å². The van der Waals surface area contributed by atoms with Gasteiger partial charge in [-0.25, -0.2) is 4.68 Å². The van der Waals surface area contributed by atoms with Crippen LogP contribution in [-0.2, 0) is 15.8 Å². The summed E-state index contributed by atoms with van der Waals surface area (Å²) in [6.45, 7) is 11.9. The van der Waals surface area contributed by atoms with Gasteiger partial charge in [0.15, 0.2) is 8.32 Å². The molecule has 1 amide bonds. The number of fused-ring (bicyclic) bond motifs is 1. The van der Waals surface area contributed by atoms with E-state index in [9.17, 15) is 4.79 Å². The minimum Gasteiger partial charge on any atom is -0.497 e. The Labute approximate surface area is 167 Å². The topological polar surface area (TPSA) is 77.4 Å². The Morgan fingerprint density at radius 3 is 2.50 bits per heavy atom. The number of ether oxygens (including phenoxy) is 1. The quantitative estimate of drug-likeness (QED) is 0.721. The van der Waals surface area contributed by atoms with Crippen LogP contribution in [0.25, 0.3) is 0 Å². The number of hydrogen-bond donors (Lipinski definition) is 2. The van der Waals surface area contributed by atoms with E-state index in [-0.39, 0.29) is 10.9 Å². The lowest BCUT2D eigenvalue weighted by atomic mass is 10.2. The molecule has 0 bridgehead atoms. The first-order valence-electron chi connectivity index (χ1n) is 9.51. The summed E-state index contributed by atoms with van der Waals surface area (Å²) < 4.78 is 13.3. The maximum Gasteiger partial charge on any atom is 0.249 e. The number of methoxy groups -OCH3 is 1. The summed E-state index contributed by atoms with van der Waals surface area (Å²) in [5.41, 5.74) is 1.79. The monoisotopic (exact) mass is 402 g/mol. The first kappa shape index (κ1) is 20.4. The van der Waals surface area contributed by atoms with Crippen LogP contribution < -0.4 is 15.4 Å². The number of carbonyl (C=O) groups is 1. The summed E-state index contributed by atoms with van der Waals surface area (Å²) >= 11 is 0. The van der Waals surface area contributed by atoms with Crippen molar-refractivity contribution in [2.75, 3.05) is 24.4 Å². The lowest BCUT2D eigenvalue weighted by molar-refractivity contribution is -0.117. The number of anilines is 2. The molecular weight excluding hydrogens is 372 g/mol. The van der Waals surface area contributed by atoms with Gasteiger partial charge in [0.1, 0.15) is 23.3 Å². The molecule has 152 valence electrons. The first-order valence-corrected chi connectivity index (χ1v) is 12.4. The molecule has 0 aliphatic carbocycles. The molecule has 1 aromatic heterocycles. The summed E-state index contributed by atoms with van der Waals surface area (Å²) in [5.74, 6) is 1.54. The van der Waals surface area contributed by atoms with Crippen LogP contribution in [0, 0.1) is 0 Å². The van der Waals surface area contributed by atoms with Gasteiger partial charge in [-0.3, -0.25) is 4.79 Å². The van der Waals surface area contributed by atoms with Gasteiger partial charge in [-0.05, 0) is 35.8 Å². The molecule has 0 saturated carbocycles. The lowest BCUT2D eigenvalue weighted by Crippen LogP contribution is -2.48. The number of rotatable bonds is 6. The normalized spacial score (nSPS) is 16.9. The van der Waals surface area contributed by atoms with Gasteiger partial charge < -0.3 is 19.8 Å². The number of nitrogens with one attached hydrogen (secondary N) is 2. The number of aromatic nitrogens is 2. The lowest BCUT2D eigenvalue weighted by Gasteiger charge is -2.37. The van der Waals surface area contributed by atoms with Crippen molar-refractivity contribution in [1.29, 1.82) is 0 Å².